The van der Waals surface area contributed by atoms with Crippen LogP contribution in [0.3, 0.4) is 0 Å². The van der Waals surface area contributed by atoms with Crippen LogP contribution in [0.5, 0.6) is 0 Å². The van der Waals surface area contributed by atoms with E-state index in [-0.39, 0.29) is 0 Å². The second kappa shape index (κ2) is 5.15. The summed E-state index contributed by atoms with van der Waals surface area (Å²) in [7, 11) is 0. The van der Waals surface area contributed by atoms with Crippen molar-refractivity contribution in [1.82, 2.24) is 0 Å². The highest BCUT2D eigenvalue weighted by Gasteiger charge is 1.93. The number of allylic oxidation sites excluding steroid dienone is 5. The quantitative estimate of drug-likeness (QED) is 0.605. The fourth-order valence-electron chi connectivity index (χ4n) is 1.19. The van der Waals surface area contributed by atoms with Gasteiger partial charge in [-0.05, 0) is 18.1 Å². The molecule has 0 atom stereocenters. The summed E-state index contributed by atoms with van der Waals surface area (Å²) in [5, 5.41) is 0. The monoisotopic (exact) mass is 170 g/mol. The van der Waals surface area contributed by atoms with Gasteiger partial charge in [0.15, 0.2) is 0 Å². The normalized spacial score (nSPS) is 11.9. The maximum atomic E-state index is 3.70. The van der Waals surface area contributed by atoms with Crippen LogP contribution < -0.4 is 0 Å². The molecular formula is C13H14. The van der Waals surface area contributed by atoms with E-state index in [1.807, 2.05) is 43.4 Å². The van der Waals surface area contributed by atoms with E-state index < -0.39 is 0 Å². The van der Waals surface area contributed by atoms with Crippen molar-refractivity contribution in [2.75, 3.05) is 0 Å². The molecule has 0 N–H and O–H groups in total. The largest absolute Gasteiger partial charge is 0.0990 e. The molecule has 0 fully saturated rings. The lowest BCUT2D eigenvalue weighted by atomic mass is 10.1. The fourth-order valence-corrected chi connectivity index (χ4v) is 1.19. The molecule has 0 bridgehead atoms. The van der Waals surface area contributed by atoms with Crippen LogP contribution >= 0.6 is 0 Å². The van der Waals surface area contributed by atoms with Gasteiger partial charge in [0.2, 0.25) is 0 Å². The predicted octanol–water partition coefficient (Wildman–Crippen LogP) is 3.83. The molecular weight excluding hydrogens is 156 g/mol. The van der Waals surface area contributed by atoms with Gasteiger partial charge in [-0.2, -0.15) is 0 Å². The van der Waals surface area contributed by atoms with E-state index in [9.17, 15) is 0 Å². The first kappa shape index (κ1) is 9.53. The van der Waals surface area contributed by atoms with Crippen molar-refractivity contribution in [1.29, 1.82) is 0 Å². The van der Waals surface area contributed by atoms with Crippen molar-refractivity contribution in [3.63, 3.8) is 0 Å². The van der Waals surface area contributed by atoms with Gasteiger partial charge in [0.25, 0.3) is 0 Å². The minimum atomic E-state index is 1.19. The third kappa shape index (κ3) is 2.75. The Morgan fingerprint density at radius 2 is 1.92 bits per heavy atom. The minimum Gasteiger partial charge on any atom is -0.0990 e. The van der Waals surface area contributed by atoms with E-state index in [4.69, 9.17) is 0 Å². The van der Waals surface area contributed by atoms with E-state index in [1.54, 1.807) is 0 Å². The molecule has 0 nitrogen and oxygen atoms in total. The average Bonchev–Trinajstić information content (AvgIpc) is 2.19. The highest BCUT2D eigenvalue weighted by Crippen LogP contribution is 2.15. The zero-order chi connectivity index (χ0) is 9.52. The van der Waals surface area contributed by atoms with Gasteiger partial charge in [-0.1, -0.05) is 61.2 Å². The van der Waals surface area contributed by atoms with Gasteiger partial charge in [0.1, 0.15) is 0 Å². The number of hydrogen-bond donors (Lipinski definition) is 0. The number of benzene rings is 1. The summed E-state index contributed by atoms with van der Waals surface area (Å²) in [4.78, 5) is 0. The number of hydrogen-bond acceptors (Lipinski definition) is 0. The lowest BCUT2D eigenvalue weighted by Crippen LogP contribution is -1.78. The standard InChI is InChI=1S/C13H14/c1-3-8-12(9-4-2)13-10-6-5-7-11-13/h3-11H,1H2,2H3. The lowest BCUT2D eigenvalue weighted by Gasteiger charge is -1.99. The molecule has 0 heterocycles. The van der Waals surface area contributed by atoms with Crippen LogP contribution in [-0.4, -0.2) is 0 Å². The molecule has 66 valence electrons. The van der Waals surface area contributed by atoms with E-state index in [1.165, 1.54) is 11.1 Å². The molecule has 1 rings (SSSR count). The van der Waals surface area contributed by atoms with E-state index >= 15 is 0 Å². The molecule has 0 heteroatoms. The topological polar surface area (TPSA) is 0 Å². The number of rotatable bonds is 3. The molecule has 13 heavy (non-hydrogen) atoms. The van der Waals surface area contributed by atoms with E-state index in [2.05, 4.69) is 24.8 Å². The Labute approximate surface area is 79.9 Å². The Bertz CT molecular complexity index is 315. The summed E-state index contributed by atoms with van der Waals surface area (Å²) < 4.78 is 0. The molecule has 0 radical (unpaired) electrons. The maximum absolute atomic E-state index is 3.70. The Morgan fingerprint density at radius 1 is 1.23 bits per heavy atom. The van der Waals surface area contributed by atoms with Crippen LogP contribution in [0.4, 0.5) is 0 Å². The molecule has 0 aliphatic carbocycles. The molecule has 0 amide bonds. The Hall–Kier alpha value is -1.56. The fraction of sp³-hybridized carbons (Fsp3) is 0.0769. The molecule has 0 spiro atoms. The highest BCUT2D eigenvalue weighted by molar-refractivity contribution is 5.74. The van der Waals surface area contributed by atoms with Crippen LogP contribution in [0, 0.1) is 0 Å². The van der Waals surface area contributed by atoms with E-state index in [0.717, 1.165) is 0 Å². The first-order chi connectivity index (χ1) is 6.38. The van der Waals surface area contributed by atoms with E-state index in [0.29, 0.717) is 0 Å². The molecule has 1 aromatic rings. The minimum absolute atomic E-state index is 1.19. The van der Waals surface area contributed by atoms with Crippen LogP contribution in [0.15, 0.2) is 61.2 Å². The summed E-state index contributed by atoms with van der Waals surface area (Å²) in [6.45, 7) is 5.71. The van der Waals surface area contributed by atoms with Gasteiger partial charge in [-0.15, -0.1) is 0 Å². The summed E-state index contributed by atoms with van der Waals surface area (Å²) in [5.41, 5.74) is 2.42. The highest BCUT2D eigenvalue weighted by atomic mass is 14.0. The zero-order valence-corrected chi connectivity index (χ0v) is 7.90. The second-order valence-corrected chi connectivity index (χ2v) is 2.72. The van der Waals surface area contributed by atoms with Crippen LogP contribution in [-0.2, 0) is 0 Å². The smallest absolute Gasteiger partial charge is 0.0184 e. The van der Waals surface area contributed by atoms with Crippen molar-refractivity contribution in [3.05, 3.63) is 66.8 Å². The summed E-state index contributed by atoms with van der Waals surface area (Å²) >= 11 is 0. The summed E-state index contributed by atoms with van der Waals surface area (Å²) in [6.07, 6.45) is 7.93. The van der Waals surface area contributed by atoms with Gasteiger partial charge < -0.3 is 0 Å². The summed E-state index contributed by atoms with van der Waals surface area (Å²) in [5.74, 6) is 0. The van der Waals surface area contributed by atoms with Crippen molar-refractivity contribution in [2.45, 2.75) is 6.92 Å². The van der Waals surface area contributed by atoms with Crippen LogP contribution in [0.25, 0.3) is 5.57 Å². The molecule has 0 aromatic heterocycles. The molecule has 0 saturated carbocycles. The molecule has 0 unspecified atom stereocenters. The summed E-state index contributed by atoms with van der Waals surface area (Å²) in [6, 6.07) is 10.3. The third-order valence-electron chi connectivity index (χ3n) is 1.75. The van der Waals surface area contributed by atoms with Gasteiger partial charge >= 0.3 is 0 Å². The molecule has 0 aliphatic rings. The Kier molecular flexibility index (Phi) is 3.77. The molecule has 0 saturated heterocycles. The zero-order valence-electron chi connectivity index (χ0n) is 7.90. The average molecular weight is 170 g/mol. The van der Waals surface area contributed by atoms with Gasteiger partial charge in [-0.25, -0.2) is 0 Å². The first-order valence-corrected chi connectivity index (χ1v) is 4.39. The third-order valence-corrected chi connectivity index (χ3v) is 1.75. The molecule has 1 aromatic carbocycles. The van der Waals surface area contributed by atoms with Gasteiger partial charge in [-0.3, -0.25) is 0 Å². The Morgan fingerprint density at radius 3 is 2.46 bits per heavy atom. The van der Waals surface area contributed by atoms with Gasteiger partial charge in [0.05, 0.1) is 0 Å². The van der Waals surface area contributed by atoms with Crippen molar-refractivity contribution in [3.8, 4) is 0 Å². The van der Waals surface area contributed by atoms with Crippen molar-refractivity contribution in [2.24, 2.45) is 0 Å². The van der Waals surface area contributed by atoms with Crippen LogP contribution in [0.1, 0.15) is 12.5 Å². The lowest BCUT2D eigenvalue weighted by molar-refractivity contribution is 1.61. The van der Waals surface area contributed by atoms with Crippen molar-refractivity contribution < 1.29 is 0 Å². The first-order valence-electron chi connectivity index (χ1n) is 4.39. The maximum Gasteiger partial charge on any atom is -0.0184 e. The van der Waals surface area contributed by atoms with Crippen LogP contribution in [0.2, 0.25) is 0 Å². The molecule has 0 aliphatic heterocycles. The Balaban J connectivity index is 3.03. The second-order valence-electron chi connectivity index (χ2n) is 2.72. The van der Waals surface area contributed by atoms with Gasteiger partial charge in [0, 0.05) is 0 Å². The van der Waals surface area contributed by atoms with Crippen molar-refractivity contribution >= 4 is 5.57 Å². The predicted molar refractivity (Wildman–Crippen MR) is 59.4 cm³/mol. The SMILES string of the molecule is C=CC=C(C=CC)c1ccccc1.